The molecule has 0 atom stereocenters. The second kappa shape index (κ2) is 5.61. The van der Waals surface area contributed by atoms with E-state index in [1.54, 1.807) is 24.3 Å². The lowest BCUT2D eigenvalue weighted by Gasteiger charge is -2.07. The average Bonchev–Trinajstić information content (AvgIpc) is 3.06. The number of rotatable bonds is 4. The van der Waals surface area contributed by atoms with Crippen LogP contribution in [0.4, 0.5) is 5.69 Å². The molecule has 0 unspecified atom stereocenters. The van der Waals surface area contributed by atoms with E-state index < -0.39 is 14.9 Å². The summed E-state index contributed by atoms with van der Waals surface area (Å²) in [5, 5.41) is 18.0. The molecule has 0 aliphatic rings. The van der Waals surface area contributed by atoms with Gasteiger partial charge in [0.2, 0.25) is 0 Å². The standard InChI is InChI=1S/C14H10N4O4S/c19-18(20)12-6-8-13(9-7-12)23(21,22)17-14(10-15-16-17)11-4-2-1-3-5-11/h1-10H. The van der Waals surface area contributed by atoms with Crippen molar-refractivity contribution in [3.05, 3.63) is 70.9 Å². The van der Waals surface area contributed by atoms with Gasteiger partial charge in [-0.3, -0.25) is 10.1 Å². The minimum absolute atomic E-state index is 0.106. The van der Waals surface area contributed by atoms with E-state index in [4.69, 9.17) is 0 Å². The van der Waals surface area contributed by atoms with Gasteiger partial charge in [0, 0.05) is 17.7 Å². The highest BCUT2D eigenvalue weighted by Crippen LogP contribution is 2.23. The molecule has 0 radical (unpaired) electrons. The summed E-state index contributed by atoms with van der Waals surface area (Å²) in [6, 6.07) is 13.4. The third-order valence-electron chi connectivity index (χ3n) is 3.16. The van der Waals surface area contributed by atoms with E-state index in [0.29, 0.717) is 11.3 Å². The number of hydrogen-bond acceptors (Lipinski definition) is 6. The second-order valence-electron chi connectivity index (χ2n) is 4.58. The van der Waals surface area contributed by atoms with E-state index in [1.807, 2.05) is 6.07 Å². The zero-order valence-electron chi connectivity index (χ0n) is 11.6. The minimum Gasteiger partial charge on any atom is -0.258 e. The van der Waals surface area contributed by atoms with Crippen molar-refractivity contribution < 1.29 is 13.3 Å². The van der Waals surface area contributed by atoms with Crippen molar-refractivity contribution in [1.82, 2.24) is 14.4 Å². The monoisotopic (exact) mass is 330 g/mol. The number of hydrogen-bond donors (Lipinski definition) is 0. The molecule has 0 spiro atoms. The van der Waals surface area contributed by atoms with Crippen LogP contribution in [-0.2, 0) is 10.0 Å². The molecule has 1 heterocycles. The van der Waals surface area contributed by atoms with Gasteiger partial charge in [-0.15, -0.1) is 9.19 Å². The minimum atomic E-state index is -4.00. The maximum absolute atomic E-state index is 12.7. The summed E-state index contributed by atoms with van der Waals surface area (Å²) in [6.45, 7) is 0. The fourth-order valence-electron chi connectivity index (χ4n) is 2.04. The van der Waals surface area contributed by atoms with E-state index in [0.717, 1.165) is 16.2 Å². The molecule has 3 rings (SSSR count). The smallest absolute Gasteiger partial charge is 0.258 e. The van der Waals surface area contributed by atoms with Crippen LogP contribution in [0.2, 0.25) is 0 Å². The van der Waals surface area contributed by atoms with Crippen LogP contribution in [0.3, 0.4) is 0 Å². The van der Waals surface area contributed by atoms with Gasteiger partial charge in [-0.1, -0.05) is 35.5 Å². The number of nitrogens with zero attached hydrogens (tertiary/aromatic N) is 4. The lowest BCUT2D eigenvalue weighted by molar-refractivity contribution is -0.384. The van der Waals surface area contributed by atoms with E-state index in [9.17, 15) is 18.5 Å². The van der Waals surface area contributed by atoms with Crippen molar-refractivity contribution >= 4 is 15.7 Å². The number of non-ortho nitro benzene ring substituents is 1. The lowest BCUT2D eigenvalue weighted by Crippen LogP contribution is -2.16. The molecular weight excluding hydrogens is 320 g/mol. The first-order chi connectivity index (χ1) is 11.0. The SMILES string of the molecule is O=[N+]([O-])c1ccc(S(=O)(=O)n2nncc2-c2ccccc2)cc1. The van der Waals surface area contributed by atoms with Gasteiger partial charge in [0.15, 0.2) is 0 Å². The van der Waals surface area contributed by atoms with Crippen LogP contribution >= 0.6 is 0 Å². The van der Waals surface area contributed by atoms with Gasteiger partial charge >= 0.3 is 0 Å². The van der Waals surface area contributed by atoms with Crippen molar-refractivity contribution in [2.45, 2.75) is 4.90 Å². The summed E-state index contributed by atoms with van der Waals surface area (Å²) in [5.41, 5.74) is 0.762. The normalized spacial score (nSPS) is 11.3. The molecule has 0 fully saturated rings. The number of nitro groups is 1. The maximum atomic E-state index is 12.7. The van der Waals surface area contributed by atoms with Gasteiger partial charge in [0.05, 0.1) is 16.0 Å². The fourth-order valence-corrected chi connectivity index (χ4v) is 3.27. The van der Waals surface area contributed by atoms with Crippen LogP contribution in [0.5, 0.6) is 0 Å². The Bertz CT molecular complexity index is 950. The Labute approximate surface area is 131 Å². The third kappa shape index (κ3) is 2.69. The Balaban J connectivity index is 2.08. The summed E-state index contributed by atoms with van der Waals surface area (Å²) < 4.78 is 26.1. The number of nitro benzene ring substituents is 1. The maximum Gasteiger partial charge on any atom is 0.284 e. The Kier molecular flexibility index (Phi) is 3.62. The highest BCUT2D eigenvalue weighted by atomic mass is 32.2. The Hall–Kier alpha value is -3.07. The Morgan fingerprint density at radius 1 is 1.00 bits per heavy atom. The van der Waals surface area contributed by atoms with Gasteiger partial charge in [0.1, 0.15) is 5.69 Å². The van der Waals surface area contributed by atoms with Gasteiger partial charge in [-0.05, 0) is 12.1 Å². The zero-order valence-corrected chi connectivity index (χ0v) is 12.4. The largest absolute Gasteiger partial charge is 0.284 e. The molecule has 9 heteroatoms. The van der Waals surface area contributed by atoms with Crippen LogP contribution in [0.25, 0.3) is 11.3 Å². The molecule has 0 aliphatic carbocycles. The third-order valence-corrected chi connectivity index (χ3v) is 4.75. The molecule has 0 saturated carbocycles. The molecule has 23 heavy (non-hydrogen) atoms. The Morgan fingerprint density at radius 3 is 2.26 bits per heavy atom. The summed E-state index contributed by atoms with van der Waals surface area (Å²) in [6.07, 6.45) is 1.35. The molecular formula is C14H10N4O4S. The summed E-state index contributed by atoms with van der Waals surface area (Å²) in [5.74, 6) is 0. The van der Waals surface area contributed by atoms with Crippen molar-refractivity contribution in [2.24, 2.45) is 0 Å². The van der Waals surface area contributed by atoms with E-state index in [1.165, 1.54) is 18.3 Å². The second-order valence-corrected chi connectivity index (χ2v) is 6.35. The fraction of sp³-hybridized carbons (Fsp3) is 0. The molecule has 116 valence electrons. The van der Waals surface area contributed by atoms with Crippen LogP contribution < -0.4 is 0 Å². The van der Waals surface area contributed by atoms with Gasteiger partial charge in [-0.2, -0.15) is 8.42 Å². The van der Waals surface area contributed by atoms with Crippen molar-refractivity contribution in [2.75, 3.05) is 0 Å². The molecule has 0 amide bonds. The average molecular weight is 330 g/mol. The van der Waals surface area contributed by atoms with Crippen molar-refractivity contribution in [3.63, 3.8) is 0 Å². The van der Waals surface area contributed by atoms with Crippen molar-refractivity contribution in [1.29, 1.82) is 0 Å². The zero-order chi connectivity index (χ0) is 16.4. The molecule has 0 bridgehead atoms. The quantitative estimate of drug-likeness (QED) is 0.535. The van der Waals surface area contributed by atoms with Crippen LogP contribution in [-0.4, -0.2) is 27.7 Å². The molecule has 0 aliphatic heterocycles. The molecule has 8 nitrogen and oxygen atoms in total. The molecule has 1 aromatic heterocycles. The van der Waals surface area contributed by atoms with Crippen molar-refractivity contribution in [3.8, 4) is 11.3 Å². The summed E-state index contributed by atoms with van der Waals surface area (Å²) >= 11 is 0. The predicted molar refractivity (Wildman–Crippen MR) is 81.1 cm³/mol. The number of aromatic nitrogens is 3. The summed E-state index contributed by atoms with van der Waals surface area (Å²) in [4.78, 5) is 9.96. The van der Waals surface area contributed by atoms with Gasteiger partial charge < -0.3 is 0 Å². The lowest BCUT2D eigenvalue weighted by atomic mass is 10.2. The van der Waals surface area contributed by atoms with E-state index in [2.05, 4.69) is 10.3 Å². The highest BCUT2D eigenvalue weighted by Gasteiger charge is 2.23. The molecule has 0 saturated heterocycles. The van der Waals surface area contributed by atoms with E-state index in [-0.39, 0.29) is 10.6 Å². The van der Waals surface area contributed by atoms with Crippen LogP contribution in [0.15, 0.2) is 65.7 Å². The first-order valence-electron chi connectivity index (χ1n) is 6.46. The first-order valence-corrected chi connectivity index (χ1v) is 7.90. The number of benzene rings is 2. The van der Waals surface area contributed by atoms with Crippen LogP contribution in [0.1, 0.15) is 0 Å². The van der Waals surface area contributed by atoms with E-state index >= 15 is 0 Å². The predicted octanol–water partition coefficient (Wildman–Crippen LogP) is 2.09. The molecule has 3 aromatic rings. The van der Waals surface area contributed by atoms with Gasteiger partial charge in [0.25, 0.3) is 15.7 Å². The molecule has 0 N–H and O–H groups in total. The molecule has 2 aromatic carbocycles. The summed E-state index contributed by atoms with van der Waals surface area (Å²) in [7, 11) is -4.00. The van der Waals surface area contributed by atoms with Gasteiger partial charge in [-0.25, -0.2) is 0 Å². The topological polar surface area (TPSA) is 108 Å². The van der Waals surface area contributed by atoms with Crippen LogP contribution in [0, 0.1) is 10.1 Å². The Morgan fingerprint density at radius 2 is 1.65 bits per heavy atom. The highest BCUT2D eigenvalue weighted by molar-refractivity contribution is 7.90. The first kappa shape index (κ1) is 14.9.